The predicted octanol–water partition coefficient (Wildman–Crippen LogP) is 3.20. The first kappa shape index (κ1) is 9.13. The number of ether oxygens (including phenoxy) is 1. The molecule has 1 heterocycles. The van der Waals surface area contributed by atoms with Crippen molar-refractivity contribution in [3.05, 3.63) is 30.5 Å². The molecule has 14 heavy (non-hydrogen) atoms. The first-order chi connectivity index (χ1) is 6.75. The highest BCUT2D eigenvalue weighted by Crippen LogP contribution is 2.19. The molecule has 2 nitrogen and oxygen atoms in total. The summed E-state index contributed by atoms with van der Waals surface area (Å²) < 4.78 is 5.63. The minimum Gasteiger partial charge on any atom is -0.493 e. The summed E-state index contributed by atoms with van der Waals surface area (Å²) in [6.45, 7) is 5.07. The molecular formula is C12H15NO. The Morgan fingerprint density at radius 1 is 1.29 bits per heavy atom. The fourth-order valence-corrected chi connectivity index (χ4v) is 1.38. The van der Waals surface area contributed by atoms with Crippen LogP contribution in [0.3, 0.4) is 0 Å². The SMILES string of the molecule is CC(C)COc1ccc2[nH]ccc2c1. The van der Waals surface area contributed by atoms with E-state index >= 15 is 0 Å². The van der Waals surface area contributed by atoms with E-state index in [4.69, 9.17) is 4.74 Å². The first-order valence-corrected chi connectivity index (χ1v) is 4.95. The Bertz CT molecular complexity index is 417. The summed E-state index contributed by atoms with van der Waals surface area (Å²) in [5.74, 6) is 1.52. The minimum absolute atomic E-state index is 0.567. The van der Waals surface area contributed by atoms with Gasteiger partial charge in [-0.15, -0.1) is 0 Å². The molecule has 0 amide bonds. The molecule has 0 spiro atoms. The van der Waals surface area contributed by atoms with Crippen LogP contribution in [0.1, 0.15) is 13.8 Å². The van der Waals surface area contributed by atoms with E-state index in [0.717, 1.165) is 17.9 Å². The summed E-state index contributed by atoms with van der Waals surface area (Å²) in [5.41, 5.74) is 1.15. The smallest absolute Gasteiger partial charge is 0.120 e. The Labute approximate surface area is 83.9 Å². The van der Waals surface area contributed by atoms with Gasteiger partial charge in [0.05, 0.1) is 6.61 Å². The summed E-state index contributed by atoms with van der Waals surface area (Å²) in [5, 5.41) is 1.20. The Balaban J connectivity index is 2.17. The lowest BCUT2D eigenvalue weighted by Gasteiger charge is -2.08. The maximum atomic E-state index is 5.63. The van der Waals surface area contributed by atoms with Crippen molar-refractivity contribution in [3.63, 3.8) is 0 Å². The quantitative estimate of drug-likeness (QED) is 0.788. The largest absolute Gasteiger partial charge is 0.493 e. The van der Waals surface area contributed by atoms with Gasteiger partial charge in [-0.2, -0.15) is 0 Å². The van der Waals surface area contributed by atoms with Crippen molar-refractivity contribution >= 4 is 10.9 Å². The van der Waals surface area contributed by atoms with Crippen molar-refractivity contribution in [2.75, 3.05) is 6.61 Å². The molecule has 1 aromatic heterocycles. The van der Waals surface area contributed by atoms with E-state index in [1.165, 1.54) is 5.39 Å². The summed E-state index contributed by atoms with van der Waals surface area (Å²) in [6, 6.07) is 8.16. The lowest BCUT2D eigenvalue weighted by Crippen LogP contribution is -2.04. The highest BCUT2D eigenvalue weighted by atomic mass is 16.5. The summed E-state index contributed by atoms with van der Waals surface area (Å²) in [7, 11) is 0. The molecule has 0 saturated carbocycles. The lowest BCUT2D eigenvalue weighted by molar-refractivity contribution is 0.271. The molecule has 1 aromatic carbocycles. The Morgan fingerprint density at radius 2 is 2.14 bits per heavy atom. The van der Waals surface area contributed by atoms with E-state index < -0.39 is 0 Å². The molecule has 0 aliphatic carbocycles. The van der Waals surface area contributed by atoms with Gasteiger partial charge in [0.25, 0.3) is 0 Å². The molecule has 0 aliphatic heterocycles. The number of rotatable bonds is 3. The number of aromatic nitrogens is 1. The molecule has 1 N–H and O–H groups in total. The first-order valence-electron chi connectivity index (χ1n) is 4.95. The van der Waals surface area contributed by atoms with Gasteiger partial charge in [0.1, 0.15) is 5.75 Å². The van der Waals surface area contributed by atoms with Gasteiger partial charge < -0.3 is 9.72 Å². The maximum Gasteiger partial charge on any atom is 0.120 e. The Morgan fingerprint density at radius 3 is 2.93 bits per heavy atom. The fourth-order valence-electron chi connectivity index (χ4n) is 1.38. The van der Waals surface area contributed by atoms with Crippen LogP contribution in [-0.2, 0) is 0 Å². The summed E-state index contributed by atoms with van der Waals surface area (Å²) in [4.78, 5) is 3.16. The number of fused-ring (bicyclic) bond motifs is 1. The van der Waals surface area contributed by atoms with Gasteiger partial charge in [-0.25, -0.2) is 0 Å². The third-order valence-corrected chi connectivity index (χ3v) is 2.11. The molecule has 0 unspecified atom stereocenters. The average Bonchev–Trinajstić information content (AvgIpc) is 2.61. The van der Waals surface area contributed by atoms with Crippen molar-refractivity contribution in [2.24, 2.45) is 5.92 Å². The molecule has 74 valence electrons. The number of benzene rings is 1. The van der Waals surface area contributed by atoms with Crippen molar-refractivity contribution in [1.82, 2.24) is 4.98 Å². The normalized spacial score (nSPS) is 11.1. The van der Waals surface area contributed by atoms with E-state index in [9.17, 15) is 0 Å². The molecule has 0 atom stereocenters. The molecule has 0 fully saturated rings. The van der Waals surface area contributed by atoms with E-state index in [1.54, 1.807) is 0 Å². The predicted molar refractivity (Wildman–Crippen MR) is 58.6 cm³/mol. The van der Waals surface area contributed by atoms with Crippen LogP contribution in [0.25, 0.3) is 10.9 Å². The van der Waals surface area contributed by atoms with Crippen molar-refractivity contribution in [3.8, 4) is 5.75 Å². The molecule has 0 radical (unpaired) electrons. The zero-order valence-corrected chi connectivity index (χ0v) is 8.58. The molecule has 2 rings (SSSR count). The van der Waals surface area contributed by atoms with Gasteiger partial charge in [-0.1, -0.05) is 13.8 Å². The molecule has 0 saturated heterocycles. The van der Waals surface area contributed by atoms with Crippen molar-refractivity contribution in [2.45, 2.75) is 13.8 Å². The Kier molecular flexibility index (Phi) is 2.44. The summed E-state index contributed by atoms with van der Waals surface area (Å²) in [6.07, 6.45) is 1.94. The van der Waals surface area contributed by atoms with E-state index in [2.05, 4.69) is 31.0 Å². The van der Waals surface area contributed by atoms with Gasteiger partial charge in [-0.3, -0.25) is 0 Å². The van der Waals surface area contributed by atoms with E-state index in [0.29, 0.717) is 5.92 Å². The van der Waals surface area contributed by atoms with Crippen LogP contribution in [0, 0.1) is 5.92 Å². The van der Waals surface area contributed by atoms with E-state index in [-0.39, 0.29) is 0 Å². The highest BCUT2D eigenvalue weighted by molar-refractivity contribution is 5.80. The Hall–Kier alpha value is -1.44. The van der Waals surface area contributed by atoms with Crippen LogP contribution in [0.15, 0.2) is 30.5 Å². The van der Waals surface area contributed by atoms with Crippen molar-refractivity contribution < 1.29 is 4.74 Å². The zero-order chi connectivity index (χ0) is 9.97. The van der Waals surface area contributed by atoms with Crippen LogP contribution in [-0.4, -0.2) is 11.6 Å². The fraction of sp³-hybridized carbons (Fsp3) is 0.333. The van der Waals surface area contributed by atoms with Gasteiger partial charge in [0.15, 0.2) is 0 Å². The average molecular weight is 189 g/mol. The third kappa shape index (κ3) is 1.90. The third-order valence-electron chi connectivity index (χ3n) is 2.11. The van der Waals surface area contributed by atoms with Crippen LogP contribution in [0.4, 0.5) is 0 Å². The maximum absolute atomic E-state index is 5.63. The van der Waals surface area contributed by atoms with Gasteiger partial charge in [-0.05, 0) is 30.2 Å². The molecule has 2 heteroatoms. The lowest BCUT2D eigenvalue weighted by atomic mass is 10.2. The van der Waals surface area contributed by atoms with Gasteiger partial charge in [0, 0.05) is 17.1 Å². The monoisotopic (exact) mass is 189 g/mol. The second-order valence-corrected chi connectivity index (χ2v) is 3.93. The molecule has 0 bridgehead atoms. The minimum atomic E-state index is 0.567. The second kappa shape index (κ2) is 3.74. The number of nitrogens with one attached hydrogen (secondary N) is 1. The van der Waals surface area contributed by atoms with Gasteiger partial charge in [0.2, 0.25) is 0 Å². The molecule has 2 aromatic rings. The standard InChI is InChI=1S/C12H15NO/c1-9(2)8-14-11-3-4-12-10(7-11)5-6-13-12/h3-7,9,13H,8H2,1-2H3. The highest BCUT2D eigenvalue weighted by Gasteiger charge is 1.99. The zero-order valence-electron chi connectivity index (χ0n) is 8.58. The van der Waals surface area contributed by atoms with Crippen molar-refractivity contribution in [1.29, 1.82) is 0 Å². The van der Waals surface area contributed by atoms with Crippen LogP contribution < -0.4 is 4.74 Å². The number of hydrogen-bond donors (Lipinski definition) is 1. The molecular weight excluding hydrogens is 174 g/mol. The van der Waals surface area contributed by atoms with E-state index in [1.807, 2.05) is 18.3 Å². The van der Waals surface area contributed by atoms with Gasteiger partial charge >= 0.3 is 0 Å². The van der Waals surface area contributed by atoms with Crippen LogP contribution in [0.5, 0.6) is 5.75 Å². The van der Waals surface area contributed by atoms with Crippen LogP contribution >= 0.6 is 0 Å². The second-order valence-electron chi connectivity index (χ2n) is 3.93. The number of H-pyrrole nitrogens is 1. The number of aromatic amines is 1. The number of hydrogen-bond acceptors (Lipinski definition) is 1. The molecule has 0 aliphatic rings. The topological polar surface area (TPSA) is 25.0 Å². The van der Waals surface area contributed by atoms with Crippen LogP contribution in [0.2, 0.25) is 0 Å². The summed E-state index contributed by atoms with van der Waals surface area (Å²) >= 11 is 0.